The van der Waals surface area contributed by atoms with Crippen LogP contribution >= 0.6 is 0 Å². The summed E-state index contributed by atoms with van der Waals surface area (Å²) in [5.41, 5.74) is 6.53. The first-order valence-corrected chi connectivity index (χ1v) is 7.32. The van der Waals surface area contributed by atoms with Gasteiger partial charge in [-0.2, -0.15) is 0 Å². The van der Waals surface area contributed by atoms with E-state index in [1.165, 1.54) is 18.2 Å². The number of nitrogen functional groups attached to an aromatic ring is 1. The minimum atomic E-state index is -3.91. The SMILES string of the molecule is Nc1ccc(NCc2ccccc2F)c(S(N)(=O)=O)c1. The standard InChI is InChI=1S/C13H14FN3O2S/c14-11-4-2-1-3-9(11)8-17-12-6-5-10(15)7-13(12)20(16,18)19/h1-7,17H,8,15H2,(H2,16,18,19). The predicted octanol–water partition coefficient (Wildman–Crippen LogP) is 1.67. The molecule has 106 valence electrons. The fourth-order valence-electron chi connectivity index (χ4n) is 1.75. The van der Waals surface area contributed by atoms with Gasteiger partial charge in [-0.05, 0) is 24.3 Å². The normalized spacial score (nSPS) is 11.3. The van der Waals surface area contributed by atoms with Gasteiger partial charge in [0.15, 0.2) is 0 Å². The van der Waals surface area contributed by atoms with Crippen molar-refractivity contribution in [2.75, 3.05) is 11.1 Å². The molecule has 0 aliphatic rings. The first kappa shape index (κ1) is 14.3. The monoisotopic (exact) mass is 295 g/mol. The highest BCUT2D eigenvalue weighted by molar-refractivity contribution is 7.89. The second-order valence-corrected chi connectivity index (χ2v) is 5.78. The molecule has 0 aromatic heterocycles. The molecule has 0 amide bonds. The first-order valence-electron chi connectivity index (χ1n) is 5.77. The lowest BCUT2D eigenvalue weighted by Gasteiger charge is -2.12. The lowest BCUT2D eigenvalue weighted by atomic mass is 10.2. The third-order valence-electron chi connectivity index (χ3n) is 2.74. The molecule has 0 fully saturated rings. The second kappa shape index (κ2) is 5.48. The minimum Gasteiger partial charge on any atom is -0.399 e. The Bertz CT molecular complexity index is 732. The number of nitrogens with two attached hydrogens (primary N) is 2. The predicted molar refractivity (Wildman–Crippen MR) is 76.0 cm³/mol. The smallest absolute Gasteiger partial charge is 0.240 e. The van der Waals surface area contributed by atoms with Gasteiger partial charge in [-0.25, -0.2) is 17.9 Å². The van der Waals surface area contributed by atoms with E-state index >= 15 is 0 Å². The van der Waals surface area contributed by atoms with Crippen molar-refractivity contribution in [3.8, 4) is 0 Å². The highest BCUT2D eigenvalue weighted by Gasteiger charge is 2.14. The van der Waals surface area contributed by atoms with Crippen molar-refractivity contribution in [2.45, 2.75) is 11.4 Å². The quantitative estimate of drug-likeness (QED) is 0.747. The van der Waals surface area contributed by atoms with Crippen LogP contribution in [0.3, 0.4) is 0 Å². The van der Waals surface area contributed by atoms with Crippen LogP contribution in [-0.4, -0.2) is 8.42 Å². The van der Waals surface area contributed by atoms with E-state index in [1.807, 2.05) is 0 Å². The van der Waals surface area contributed by atoms with Gasteiger partial charge in [0.1, 0.15) is 10.7 Å². The van der Waals surface area contributed by atoms with Crippen LogP contribution in [0.15, 0.2) is 47.4 Å². The van der Waals surface area contributed by atoms with E-state index in [-0.39, 0.29) is 28.6 Å². The molecule has 0 saturated carbocycles. The maximum Gasteiger partial charge on any atom is 0.240 e. The van der Waals surface area contributed by atoms with Crippen LogP contribution in [0.25, 0.3) is 0 Å². The van der Waals surface area contributed by atoms with Crippen LogP contribution in [0.1, 0.15) is 5.56 Å². The Morgan fingerprint density at radius 1 is 1.15 bits per heavy atom. The van der Waals surface area contributed by atoms with Gasteiger partial charge in [0.2, 0.25) is 10.0 Å². The number of anilines is 2. The third kappa shape index (κ3) is 3.25. The molecule has 0 heterocycles. The van der Waals surface area contributed by atoms with Crippen molar-refractivity contribution in [1.82, 2.24) is 0 Å². The molecule has 0 bridgehead atoms. The molecule has 7 heteroatoms. The fourth-order valence-corrected chi connectivity index (χ4v) is 2.50. The van der Waals surface area contributed by atoms with E-state index in [4.69, 9.17) is 10.9 Å². The van der Waals surface area contributed by atoms with Gasteiger partial charge < -0.3 is 11.1 Å². The Morgan fingerprint density at radius 3 is 2.50 bits per heavy atom. The molecule has 2 aromatic carbocycles. The molecule has 0 unspecified atom stereocenters. The van der Waals surface area contributed by atoms with E-state index in [0.29, 0.717) is 5.56 Å². The number of rotatable bonds is 4. The highest BCUT2D eigenvalue weighted by Crippen LogP contribution is 2.23. The highest BCUT2D eigenvalue weighted by atomic mass is 32.2. The Kier molecular flexibility index (Phi) is 3.91. The summed E-state index contributed by atoms with van der Waals surface area (Å²) in [5, 5.41) is 7.98. The molecule has 0 spiro atoms. The van der Waals surface area contributed by atoms with Crippen molar-refractivity contribution in [2.24, 2.45) is 5.14 Å². The summed E-state index contributed by atoms with van der Waals surface area (Å²) in [5.74, 6) is -0.368. The van der Waals surface area contributed by atoms with E-state index in [1.54, 1.807) is 24.3 Å². The van der Waals surface area contributed by atoms with Gasteiger partial charge in [0.05, 0.1) is 5.69 Å². The summed E-state index contributed by atoms with van der Waals surface area (Å²) in [7, 11) is -3.91. The van der Waals surface area contributed by atoms with E-state index < -0.39 is 10.0 Å². The molecule has 2 aromatic rings. The third-order valence-corrected chi connectivity index (χ3v) is 3.69. The molecule has 0 saturated heterocycles. The largest absolute Gasteiger partial charge is 0.399 e. The summed E-state index contributed by atoms with van der Waals surface area (Å²) >= 11 is 0. The van der Waals surface area contributed by atoms with Crippen molar-refractivity contribution in [1.29, 1.82) is 0 Å². The molecular weight excluding hydrogens is 281 g/mol. The van der Waals surface area contributed by atoms with Crippen molar-refractivity contribution >= 4 is 21.4 Å². The minimum absolute atomic E-state index is 0.117. The fraction of sp³-hybridized carbons (Fsp3) is 0.0769. The molecule has 5 N–H and O–H groups in total. The van der Waals surface area contributed by atoms with Crippen LogP contribution in [-0.2, 0) is 16.6 Å². The molecule has 0 radical (unpaired) electrons. The number of nitrogens with one attached hydrogen (secondary N) is 1. The molecule has 5 nitrogen and oxygen atoms in total. The molecule has 0 atom stereocenters. The first-order chi connectivity index (χ1) is 9.38. The van der Waals surface area contributed by atoms with Crippen LogP contribution in [0.4, 0.5) is 15.8 Å². The van der Waals surface area contributed by atoms with Crippen molar-refractivity contribution in [3.63, 3.8) is 0 Å². The summed E-state index contributed by atoms with van der Waals surface area (Å²) in [6, 6.07) is 10.5. The average Bonchev–Trinajstić information content (AvgIpc) is 2.38. The van der Waals surface area contributed by atoms with Gasteiger partial charge in [-0.1, -0.05) is 18.2 Å². The van der Waals surface area contributed by atoms with Gasteiger partial charge in [-0.15, -0.1) is 0 Å². The lowest BCUT2D eigenvalue weighted by molar-refractivity contribution is 0.598. The van der Waals surface area contributed by atoms with E-state index in [0.717, 1.165) is 0 Å². The van der Waals surface area contributed by atoms with E-state index in [9.17, 15) is 12.8 Å². The molecule has 0 aliphatic carbocycles. The number of sulfonamides is 1. The van der Waals surface area contributed by atoms with Crippen LogP contribution in [0.5, 0.6) is 0 Å². The summed E-state index contributed by atoms with van der Waals surface area (Å²) in [6.07, 6.45) is 0. The topological polar surface area (TPSA) is 98.2 Å². The zero-order valence-corrected chi connectivity index (χ0v) is 11.3. The summed E-state index contributed by atoms with van der Waals surface area (Å²) < 4.78 is 36.5. The number of benzene rings is 2. The van der Waals surface area contributed by atoms with Gasteiger partial charge in [0.25, 0.3) is 0 Å². The van der Waals surface area contributed by atoms with Gasteiger partial charge in [-0.3, -0.25) is 0 Å². The van der Waals surface area contributed by atoms with Crippen molar-refractivity contribution < 1.29 is 12.8 Å². The summed E-state index contributed by atoms with van der Waals surface area (Å²) in [4.78, 5) is -0.117. The van der Waals surface area contributed by atoms with Gasteiger partial charge >= 0.3 is 0 Å². The van der Waals surface area contributed by atoms with Gasteiger partial charge in [0, 0.05) is 17.8 Å². The molecule has 0 aliphatic heterocycles. The zero-order chi connectivity index (χ0) is 14.8. The maximum absolute atomic E-state index is 13.5. The number of primary sulfonamides is 1. The lowest BCUT2D eigenvalue weighted by Crippen LogP contribution is -2.15. The summed E-state index contributed by atoms with van der Waals surface area (Å²) in [6.45, 7) is 0.138. The van der Waals surface area contributed by atoms with Crippen LogP contribution < -0.4 is 16.2 Å². The van der Waals surface area contributed by atoms with Crippen LogP contribution in [0.2, 0.25) is 0 Å². The molecule has 2 rings (SSSR count). The number of hydrogen-bond donors (Lipinski definition) is 3. The molecule has 20 heavy (non-hydrogen) atoms. The Hall–Kier alpha value is -2.12. The Labute approximate surface area is 116 Å². The van der Waals surface area contributed by atoms with Crippen LogP contribution in [0, 0.1) is 5.82 Å². The molecular formula is C13H14FN3O2S. The van der Waals surface area contributed by atoms with Crippen molar-refractivity contribution in [3.05, 3.63) is 53.8 Å². The zero-order valence-electron chi connectivity index (χ0n) is 10.5. The number of halogens is 1. The Morgan fingerprint density at radius 2 is 1.85 bits per heavy atom. The number of hydrogen-bond acceptors (Lipinski definition) is 4. The van der Waals surface area contributed by atoms with E-state index in [2.05, 4.69) is 5.32 Å². The Balaban J connectivity index is 2.29. The second-order valence-electron chi connectivity index (χ2n) is 4.25. The maximum atomic E-state index is 13.5. The average molecular weight is 295 g/mol.